The fourth-order valence-corrected chi connectivity index (χ4v) is 2.40. The molecule has 0 radical (unpaired) electrons. The minimum Gasteiger partial charge on any atom is -0.355 e. The Bertz CT molecular complexity index is 613. The number of hydrogen-bond acceptors (Lipinski definition) is 3. The molecule has 0 spiro atoms. The van der Waals surface area contributed by atoms with E-state index in [1.807, 2.05) is 36.8 Å². The molecule has 0 atom stereocenters. The van der Waals surface area contributed by atoms with Gasteiger partial charge < -0.3 is 15.2 Å². The monoisotopic (exact) mass is 284 g/mol. The largest absolute Gasteiger partial charge is 0.355 e. The van der Waals surface area contributed by atoms with Gasteiger partial charge in [-0.25, -0.2) is 4.98 Å². The van der Waals surface area contributed by atoms with Crippen molar-refractivity contribution in [2.45, 2.75) is 32.0 Å². The van der Waals surface area contributed by atoms with Gasteiger partial charge in [-0.2, -0.15) is 0 Å². The molecule has 3 rings (SSSR count). The molecule has 2 N–H and O–H groups in total. The molecule has 5 heteroatoms. The van der Waals surface area contributed by atoms with E-state index in [0.717, 1.165) is 13.1 Å². The van der Waals surface area contributed by atoms with Crippen LogP contribution in [-0.2, 0) is 13.1 Å². The van der Waals surface area contributed by atoms with Crippen molar-refractivity contribution in [3.8, 4) is 0 Å². The van der Waals surface area contributed by atoms with Crippen LogP contribution in [0, 0.1) is 0 Å². The molecule has 0 unspecified atom stereocenters. The molecule has 0 saturated heterocycles. The van der Waals surface area contributed by atoms with Crippen LogP contribution >= 0.6 is 0 Å². The Labute approximate surface area is 124 Å². The van der Waals surface area contributed by atoms with E-state index in [1.165, 1.54) is 24.1 Å². The van der Waals surface area contributed by atoms with Gasteiger partial charge in [-0.3, -0.25) is 4.79 Å². The van der Waals surface area contributed by atoms with Crippen molar-refractivity contribution >= 4 is 5.91 Å². The van der Waals surface area contributed by atoms with Crippen LogP contribution in [0.25, 0.3) is 0 Å². The standard InChI is InChI=1S/C16H20N4O/c1-17-16(21)13-4-2-12(3-5-13)8-18-9-15-10-19-11-20(15)14-6-7-14/h2-5,10-11,14,18H,6-9H2,1H3,(H,17,21). The lowest BCUT2D eigenvalue weighted by molar-refractivity contribution is 0.0963. The topological polar surface area (TPSA) is 59.0 Å². The number of nitrogens with zero attached hydrogens (tertiary/aromatic N) is 2. The van der Waals surface area contributed by atoms with E-state index in [0.29, 0.717) is 11.6 Å². The van der Waals surface area contributed by atoms with Gasteiger partial charge in [-0.1, -0.05) is 12.1 Å². The predicted molar refractivity (Wildman–Crippen MR) is 80.9 cm³/mol. The zero-order valence-electron chi connectivity index (χ0n) is 12.2. The van der Waals surface area contributed by atoms with Gasteiger partial charge in [0, 0.05) is 37.9 Å². The van der Waals surface area contributed by atoms with E-state index in [4.69, 9.17) is 0 Å². The van der Waals surface area contributed by atoms with Crippen LogP contribution in [0.4, 0.5) is 0 Å². The van der Waals surface area contributed by atoms with Gasteiger partial charge in [0.05, 0.1) is 12.0 Å². The number of nitrogens with one attached hydrogen (secondary N) is 2. The molecule has 0 bridgehead atoms. The van der Waals surface area contributed by atoms with Gasteiger partial charge in [-0.05, 0) is 30.5 Å². The average molecular weight is 284 g/mol. The van der Waals surface area contributed by atoms with Crippen molar-refractivity contribution in [3.63, 3.8) is 0 Å². The van der Waals surface area contributed by atoms with Crippen LogP contribution in [0.5, 0.6) is 0 Å². The highest BCUT2D eigenvalue weighted by Crippen LogP contribution is 2.35. The number of carbonyl (C=O) groups excluding carboxylic acids is 1. The first-order chi connectivity index (χ1) is 10.3. The molecule has 0 aliphatic heterocycles. The van der Waals surface area contributed by atoms with Crippen LogP contribution < -0.4 is 10.6 Å². The summed E-state index contributed by atoms with van der Waals surface area (Å²) >= 11 is 0. The second-order valence-electron chi connectivity index (χ2n) is 5.40. The number of rotatable bonds is 6. The Hall–Kier alpha value is -2.14. The van der Waals surface area contributed by atoms with Gasteiger partial charge in [0.25, 0.3) is 5.91 Å². The zero-order valence-corrected chi connectivity index (χ0v) is 12.2. The van der Waals surface area contributed by atoms with Crippen molar-refractivity contribution in [1.29, 1.82) is 0 Å². The summed E-state index contributed by atoms with van der Waals surface area (Å²) in [5, 5.41) is 6.05. The molecule has 21 heavy (non-hydrogen) atoms. The van der Waals surface area contributed by atoms with Gasteiger partial charge in [0.2, 0.25) is 0 Å². The van der Waals surface area contributed by atoms with Crippen molar-refractivity contribution in [3.05, 3.63) is 53.6 Å². The molecular weight excluding hydrogens is 264 g/mol. The number of hydrogen-bond donors (Lipinski definition) is 2. The highest BCUT2D eigenvalue weighted by atomic mass is 16.1. The van der Waals surface area contributed by atoms with Crippen molar-refractivity contribution < 1.29 is 4.79 Å². The van der Waals surface area contributed by atoms with Crippen molar-refractivity contribution in [2.24, 2.45) is 0 Å². The lowest BCUT2D eigenvalue weighted by Crippen LogP contribution is -2.18. The maximum Gasteiger partial charge on any atom is 0.251 e. The Morgan fingerprint density at radius 1 is 1.29 bits per heavy atom. The molecule has 1 aliphatic rings. The van der Waals surface area contributed by atoms with Crippen LogP contribution in [0.3, 0.4) is 0 Å². The summed E-state index contributed by atoms with van der Waals surface area (Å²) in [7, 11) is 1.64. The molecule has 1 fully saturated rings. The van der Waals surface area contributed by atoms with E-state index in [9.17, 15) is 4.79 Å². The third-order valence-corrected chi connectivity index (χ3v) is 3.76. The van der Waals surface area contributed by atoms with Crippen LogP contribution in [0.2, 0.25) is 0 Å². The summed E-state index contributed by atoms with van der Waals surface area (Å²) in [6.07, 6.45) is 6.39. The summed E-state index contributed by atoms with van der Waals surface area (Å²) in [4.78, 5) is 15.7. The van der Waals surface area contributed by atoms with E-state index < -0.39 is 0 Å². The molecule has 1 aliphatic carbocycles. The smallest absolute Gasteiger partial charge is 0.251 e. The normalized spacial score (nSPS) is 14.1. The molecule has 5 nitrogen and oxygen atoms in total. The van der Waals surface area contributed by atoms with E-state index in [1.54, 1.807) is 7.05 Å². The highest BCUT2D eigenvalue weighted by molar-refractivity contribution is 5.93. The Morgan fingerprint density at radius 3 is 2.71 bits per heavy atom. The van der Waals surface area contributed by atoms with Crippen LogP contribution in [0.15, 0.2) is 36.8 Å². The summed E-state index contributed by atoms with van der Waals surface area (Å²) in [6.45, 7) is 1.59. The number of amides is 1. The SMILES string of the molecule is CNC(=O)c1ccc(CNCc2cncn2C2CC2)cc1. The van der Waals surface area contributed by atoms with Gasteiger partial charge >= 0.3 is 0 Å². The number of benzene rings is 1. The molecule has 1 heterocycles. The Morgan fingerprint density at radius 2 is 2.05 bits per heavy atom. The molecule has 1 amide bonds. The van der Waals surface area contributed by atoms with Crippen LogP contribution in [-0.4, -0.2) is 22.5 Å². The summed E-state index contributed by atoms with van der Waals surface area (Å²) in [5.41, 5.74) is 3.09. The molecule has 1 aromatic heterocycles. The number of aromatic nitrogens is 2. The third-order valence-electron chi connectivity index (χ3n) is 3.76. The average Bonchev–Trinajstić information content (AvgIpc) is 3.26. The zero-order chi connectivity index (χ0) is 14.7. The van der Waals surface area contributed by atoms with Gasteiger partial charge in [0.15, 0.2) is 0 Å². The van der Waals surface area contributed by atoms with E-state index in [-0.39, 0.29) is 5.91 Å². The van der Waals surface area contributed by atoms with Crippen molar-refractivity contribution in [1.82, 2.24) is 20.2 Å². The highest BCUT2D eigenvalue weighted by Gasteiger charge is 2.24. The second-order valence-corrected chi connectivity index (χ2v) is 5.40. The first kappa shape index (κ1) is 13.8. The van der Waals surface area contributed by atoms with Crippen molar-refractivity contribution in [2.75, 3.05) is 7.05 Å². The lowest BCUT2D eigenvalue weighted by atomic mass is 10.1. The number of imidazole rings is 1. The maximum absolute atomic E-state index is 11.5. The van der Waals surface area contributed by atoms with Gasteiger partial charge in [0.1, 0.15) is 0 Å². The summed E-state index contributed by atoms with van der Waals surface area (Å²) in [5.74, 6) is -0.0529. The summed E-state index contributed by atoms with van der Waals surface area (Å²) < 4.78 is 2.27. The van der Waals surface area contributed by atoms with E-state index in [2.05, 4.69) is 20.2 Å². The minimum absolute atomic E-state index is 0.0529. The quantitative estimate of drug-likeness (QED) is 0.851. The molecule has 110 valence electrons. The first-order valence-corrected chi connectivity index (χ1v) is 7.30. The Balaban J connectivity index is 1.53. The van der Waals surface area contributed by atoms with Crippen LogP contribution in [0.1, 0.15) is 40.5 Å². The minimum atomic E-state index is -0.0529. The summed E-state index contributed by atoms with van der Waals surface area (Å²) in [6, 6.07) is 8.33. The third kappa shape index (κ3) is 3.31. The second kappa shape index (κ2) is 6.10. The fraction of sp³-hybridized carbons (Fsp3) is 0.375. The lowest BCUT2D eigenvalue weighted by Gasteiger charge is -2.08. The predicted octanol–water partition coefficient (Wildman–Crippen LogP) is 1.87. The molecular formula is C16H20N4O. The molecule has 1 saturated carbocycles. The fourth-order valence-electron chi connectivity index (χ4n) is 2.40. The molecule has 2 aromatic rings. The van der Waals surface area contributed by atoms with E-state index >= 15 is 0 Å². The Kier molecular flexibility index (Phi) is 4.01. The maximum atomic E-state index is 11.5. The van der Waals surface area contributed by atoms with Gasteiger partial charge in [-0.15, -0.1) is 0 Å². The number of carbonyl (C=O) groups is 1. The molecule has 1 aromatic carbocycles. The first-order valence-electron chi connectivity index (χ1n) is 7.30.